The fraction of sp³-hybridized carbons (Fsp3) is 0.423. The molecule has 0 spiro atoms. The van der Waals surface area contributed by atoms with Gasteiger partial charge in [-0.1, -0.05) is 0 Å². The summed E-state index contributed by atoms with van der Waals surface area (Å²) in [6.07, 6.45) is -2.03. The second-order valence-electron chi connectivity index (χ2n) is 10.4. The molecule has 6 rings (SSSR count). The largest absolute Gasteiger partial charge is 0.471 e. The van der Waals surface area contributed by atoms with Crippen LogP contribution in [0.2, 0.25) is 0 Å². The number of anilines is 3. The molecular weight excluding hydrogens is 583 g/mol. The minimum atomic E-state index is -4.75. The zero-order valence-corrected chi connectivity index (χ0v) is 22.3. The smallest absolute Gasteiger partial charge is 0.394 e. The van der Waals surface area contributed by atoms with Crippen LogP contribution in [0.1, 0.15) is 41.6 Å². The van der Waals surface area contributed by atoms with E-state index in [9.17, 15) is 28.2 Å². The van der Waals surface area contributed by atoms with Gasteiger partial charge in [0.25, 0.3) is 11.9 Å². The number of benzene rings is 1. The third-order valence-corrected chi connectivity index (χ3v) is 7.69. The first kappa shape index (κ1) is 28.7. The predicted molar refractivity (Wildman–Crippen MR) is 139 cm³/mol. The lowest BCUT2D eigenvalue weighted by Crippen LogP contribution is -2.38. The first-order chi connectivity index (χ1) is 20.5. The fourth-order valence-electron chi connectivity index (χ4n) is 5.57. The monoisotopic (exact) mass is 608 g/mol. The van der Waals surface area contributed by atoms with E-state index >= 15 is 8.78 Å². The second kappa shape index (κ2) is 11.0. The summed E-state index contributed by atoms with van der Waals surface area (Å²) in [4.78, 5) is 27.5. The molecule has 2 aliphatic heterocycles. The van der Waals surface area contributed by atoms with Crippen LogP contribution >= 0.6 is 0 Å². The Morgan fingerprint density at radius 1 is 1.14 bits per heavy atom. The fourth-order valence-corrected chi connectivity index (χ4v) is 5.57. The molecular formula is C26H25F5N8O4. The highest BCUT2D eigenvalue weighted by atomic mass is 19.4. The third kappa shape index (κ3) is 5.45. The normalized spacial score (nSPS) is 19.9. The molecule has 17 heteroatoms. The number of carbonyl (C=O) groups excluding carboxylic acids is 1. The number of nitrogens with zero attached hydrogens (tertiary/aromatic N) is 7. The summed E-state index contributed by atoms with van der Waals surface area (Å²) in [7, 11) is 0. The van der Waals surface area contributed by atoms with E-state index in [1.165, 1.54) is 29.6 Å². The number of piperidine rings is 1. The van der Waals surface area contributed by atoms with Gasteiger partial charge in [-0.2, -0.15) is 18.2 Å². The van der Waals surface area contributed by atoms with Crippen molar-refractivity contribution in [3.8, 4) is 0 Å². The van der Waals surface area contributed by atoms with Crippen molar-refractivity contribution in [1.29, 1.82) is 0 Å². The highest BCUT2D eigenvalue weighted by molar-refractivity contribution is 5.95. The number of likely N-dealkylation sites (tertiary alicyclic amines) is 1. The number of carbonyl (C=O) groups is 1. The molecule has 2 aliphatic rings. The number of hydrogen-bond acceptors (Lipinski definition) is 10. The van der Waals surface area contributed by atoms with Gasteiger partial charge in [0.15, 0.2) is 5.82 Å². The number of halogens is 5. The molecule has 5 heterocycles. The van der Waals surface area contributed by atoms with Crippen LogP contribution in [0.15, 0.2) is 35.2 Å². The quantitative estimate of drug-likeness (QED) is 0.279. The summed E-state index contributed by atoms with van der Waals surface area (Å²) in [6.45, 7) is 0.256. The summed E-state index contributed by atoms with van der Waals surface area (Å²) < 4.78 is 74.8. The lowest BCUT2D eigenvalue weighted by atomic mass is 10.1. The number of nitrogens with one attached hydrogen (secondary N) is 1. The number of aliphatic hydroxyl groups excluding tert-OH is 2. The van der Waals surface area contributed by atoms with E-state index in [1.807, 2.05) is 0 Å². The number of aromatic nitrogens is 5. The van der Waals surface area contributed by atoms with E-state index in [1.54, 1.807) is 9.47 Å². The molecule has 2 saturated heterocycles. The highest BCUT2D eigenvalue weighted by Gasteiger charge is 2.39. The van der Waals surface area contributed by atoms with Gasteiger partial charge in [-0.05, 0) is 42.6 Å². The first-order valence-corrected chi connectivity index (χ1v) is 13.4. The molecule has 4 aromatic rings. The summed E-state index contributed by atoms with van der Waals surface area (Å²) in [5.41, 5.74) is 0.181. The van der Waals surface area contributed by atoms with Crippen LogP contribution in [0.3, 0.4) is 0 Å². The average Bonchev–Trinajstić information content (AvgIpc) is 3.71. The number of hydrogen-bond donors (Lipinski definition) is 3. The average molecular weight is 609 g/mol. The maximum atomic E-state index is 15.3. The standard InChI is InChI=1S/C26H25F5N8O4/c27-17-7-13(23(42)39-9-16(41)8-15(39)11-40)1-2-19(17)34-21-20-18(28)10-38(22(20)33-12-32-21)14-3-5-37(6-4-14)25-35-24(43-36-25)26(29,30)31/h1-2,7,10,12,14-16,40-41H,3-6,8-9,11H2,(H,32,33,34)/t15-,16-/m1/s1. The molecule has 0 aliphatic carbocycles. The van der Waals surface area contributed by atoms with Gasteiger partial charge in [0.2, 0.25) is 0 Å². The van der Waals surface area contributed by atoms with Crippen LogP contribution < -0.4 is 10.2 Å². The maximum absolute atomic E-state index is 15.3. The van der Waals surface area contributed by atoms with Gasteiger partial charge in [0, 0.05) is 37.4 Å². The SMILES string of the molecule is O=C(c1ccc(Nc2ncnc3c2c(F)cn3C2CCN(c3noc(C(F)(F)F)n3)CC2)c(F)c1)N1C[C@H](O)C[C@@H]1CO. The number of fused-ring (bicyclic) bond motifs is 1. The molecule has 2 atom stereocenters. The second-order valence-corrected chi connectivity index (χ2v) is 10.4. The minimum absolute atomic E-state index is 0.00819. The zero-order chi connectivity index (χ0) is 30.5. The zero-order valence-electron chi connectivity index (χ0n) is 22.3. The Morgan fingerprint density at radius 2 is 1.91 bits per heavy atom. The molecule has 2 fully saturated rings. The Balaban J connectivity index is 1.18. The summed E-state index contributed by atoms with van der Waals surface area (Å²) in [5.74, 6) is -3.63. The van der Waals surface area contributed by atoms with Crippen molar-refractivity contribution < 1.29 is 41.5 Å². The lowest BCUT2D eigenvalue weighted by molar-refractivity contribution is -0.159. The van der Waals surface area contributed by atoms with Crippen LogP contribution in [0, 0.1) is 11.6 Å². The van der Waals surface area contributed by atoms with Crippen molar-refractivity contribution in [2.45, 2.75) is 43.6 Å². The van der Waals surface area contributed by atoms with E-state index in [2.05, 4.69) is 29.9 Å². The number of β-amino-alcohol motifs (C(OH)–C–C–N with tert-alkyl or cyclic N) is 1. The Labute approximate surface area is 239 Å². The maximum Gasteiger partial charge on any atom is 0.471 e. The van der Waals surface area contributed by atoms with E-state index in [-0.39, 0.29) is 72.8 Å². The van der Waals surface area contributed by atoms with Crippen LogP contribution in [0.25, 0.3) is 11.0 Å². The van der Waals surface area contributed by atoms with Gasteiger partial charge in [0.05, 0.1) is 29.8 Å². The lowest BCUT2D eigenvalue weighted by Gasteiger charge is -2.31. The Bertz CT molecular complexity index is 1650. The number of aliphatic hydroxyl groups is 2. The molecule has 0 radical (unpaired) electrons. The molecule has 3 aromatic heterocycles. The van der Waals surface area contributed by atoms with Gasteiger partial charge in [-0.3, -0.25) is 4.79 Å². The van der Waals surface area contributed by atoms with Crippen LogP contribution in [-0.4, -0.2) is 84.1 Å². The van der Waals surface area contributed by atoms with E-state index in [0.29, 0.717) is 12.8 Å². The molecule has 1 aromatic carbocycles. The van der Waals surface area contributed by atoms with Gasteiger partial charge in [0.1, 0.15) is 23.6 Å². The topological polar surface area (TPSA) is 146 Å². The highest BCUT2D eigenvalue weighted by Crippen LogP contribution is 2.35. The third-order valence-electron chi connectivity index (χ3n) is 7.69. The van der Waals surface area contributed by atoms with Crippen molar-refractivity contribution in [1.82, 2.24) is 29.6 Å². The Kier molecular flexibility index (Phi) is 7.37. The predicted octanol–water partition coefficient (Wildman–Crippen LogP) is 3.26. The van der Waals surface area contributed by atoms with Crippen LogP contribution in [-0.2, 0) is 6.18 Å². The Hall–Kier alpha value is -4.38. The van der Waals surface area contributed by atoms with Crippen LogP contribution in [0.4, 0.5) is 39.4 Å². The first-order valence-electron chi connectivity index (χ1n) is 13.4. The number of amides is 1. The minimum Gasteiger partial charge on any atom is -0.394 e. The van der Waals surface area contributed by atoms with Gasteiger partial charge in [-0.15, -0.1) is 0 Å². The Morgan fingerprint density at radius 3 is 2.58 bits per heavy atom. The van der Waals surface area contributed by atoms with Crippen molar-refractivity contribution >= 4 is 34.4 Å². The molecule has 0 unspecified atom stereocenters. The molecule has 228 valence electrons. The molecule has 1 amide bonds. The van der Waals surface area contributed by atoms with E-state index in [4.69, 9.17) is 0 Å². The summed E-state index contributed by atoms with van der Waals surface area (Å²) >= 11 is 0. The van der Waals surface area contributed by atoms with E-state index < -0.39 is 41.8 Å². The van der Waals surface area contributed by atoms with Gasteiger partial charge in [-0.25, -0.2) is 18.7 Å². The van der Waals surface area contributed by atoms with E-state index in [0.717, 1.165) is 6.07 Å². The van der Waals surface area contributed by atoms with Crippen molar-refractivity contribution in [3.05, 3.63) is 53.8 Å². The van der Waals surface area contributed by atoms with Gasteiger partial charge < -0.3 is 34.4 Å². The molecule has 3 N–H and O–H groups in total. The molecule has 43 heavy (non-hydrogen) atoms. The van der Waals surface area contributed by atoms with Crippen molar-refractivity contribution in [3.63, 3.8) is 0 Å². The van der Waals surface area contributed by atoms with Crippen molar-refractivity contribution in [2.24, 2.45) is 0 Å². The summed E-state index contributed by atoms with van der Waals surface area (Å²) in [5, 5.41) is 25.6. The van der Waals surface area contributed by atoms with Crippen LogP contribution in [0.5, 0.6) is 0 Å². The molecule has 0 saturated carbocycles. The summed E-state index contributed by atoms with van der Waals surface area (Å²) in [6, 6.07) is 2.87. The molecule has 12 nitrogen and oxygen atoms in total. The molecule has 0 bridgehead atoms. The van der Waals surface area contributed by atoms with Gasteiger partial charge >= 0.3 is 12.1 Å². The number of rotatable bonds is 6. The number of alkyl halides is 3. The van der Waals surface area contributed by atoms with Crippen molar-refractivity contribution in [2.75, 3.05) is 36.5 Å².